The molecule has 4 aromatic rings. The Morgan fingerprint density at radius 3 is 2.50 bits per heavy atom. The molecule has 5 nitrogen and oxygen atoms in total. The van der Waals surface area contributed by atoms with Gasteiger partial charge in [0.15, 0.2) is 0 Å². The van der Waals surface area contributed by atoms with Crippen LogP contribution in [0.1, 0.15) is 38.1 Å². The van der Waals surface area contributed by atoms with Crippen LogP contribution in [-0.2, 0) is 7.05 Å². The molecule has 1 aromatic carbocycles. The molecule has 142 valence electrons. The summed E-state index contributed by atoms with van der Waals surface area (Å²) in [7, 11) is 1.90. The van der Waals surface area contributed by atoms with E-state index in [1.165, 1.54) is 6.42 Å². The molecule has 0 atom stereocenters. The van der Waals surface area contributed by atoms with Gasteiger partial charge in [-0.2, -0.15) is 0 Å². The maximum atomic E-state index is 13.7. The zero-order valence-electron chi connectivity index (χ0n) is 15.9. The van der Waals surface area contributed by atoms with Crippen LogP contribution >= 0.6 is 0 Å². The summed E-state index contributed by atoms with van der Waals surface area (Å²) in [5.41, 5.74) is 1.82. The first kappa shape index (κ1) is 17.0. The van der Waals surface area contributed by atoms with Crippen LogP contribution in [0.25, 0.3) is 33.3 Å². The summed E-state index contributed by atoms with van der Waals surface area (Å²) in [5, 5.41) is 0.845. The summed E-state index contributed by atoms with van der Waals surface area (Å²) in [4.78, 5) is 26.9. The summed E-state index contributed by atoms with van der Waals surface area (Å²) in [5.74, 6) is 0.658. The van der Waals surface area contributed by atoms with Crippen LogP contribution in [0, 0.1) is 0 Å². The van der Waals surface area contributed by atoms with Gasteiger partial charge in [-0.25, -0.2) is 0 Å². The Morgan fingerprint density at radius 1 is 0.964 bits per heavy atom. The minimum absolute atomic E-state index is 0.0990. The van der Waals surface area contributed by atoms with E-state index in [1.807, 2.05) is 52.6 Å². The first-order chi connectivity index (χ1) is 13.7. The SMILES string of the molecule is Cn1c2ccccc2c(=O)c2c(=O)n(C3CCCCC3)c(-c3ccco3)cc21. The Bertz CT molecular complexity index is 1290. The van der Waals surface area contributed by atoms with E-state index in [-0.39, 0.29) is 22.4 Å². The third-order valence-electron chi connectivity index (χ3n) is 6.03. The molecule has 0 spiro atoms. The number of nitrogens with zero attached hydrogens (tertiary/aromatic N) is 2. The van der Waals surface area contributed by atoms with Gasteiger partial charge in [0.05, 0.1) is 23.0 Å². The Balaban J connectivity index is 1.94. The zero-order valence-corrected chi connectivity index (χ0v) is 15.9. The highest BCUT2D eigenvalue weighted by Crippen LogP contribution is 2.32. The Hall–Kier alpha value is -3.08. The lowest BCUT2D eigenvalue weighted by Gasteiger charge is -2.27. The maximum Gasteiger partial charge on any atom is 0.264 e. The molecule has 0 saturated heterocycles. The van der Waals surface area contributed by atoms with Crippen molar-refractivity contribution in [2.24, 2.45) is 7.05 Å². The average Bonchev–Trinajstić information content (AvgIpc) is 3.27. The number of fused-ring (bicyclic) bond motifs is 2. The van der Waals surface area contributed by atoms with Gasteiger partial charge in [-0.15, -0.1) is 0 Å². The van der Waals surface area contributed by atoms with Crippen LogP contribution in [0.3, 0.4) is 0 Å². The van der Waals surface area contributed by atoms with Crippen molar-refractivity contribution in [3.63, 3.8) is 0 Å². The summed E-state index contributed by atoms with van der Waals surface area (Å²) >= 11 is 0. The van der Waals surface area contributed by atoms with Gasteiger partial charge in [-0.1, -0.05) is 31.4 Å². The molecule has 0 bridgehead atoms. The van der Waals surface area contributed by atoms with E-state index in [9.17, 15) is 9.59 Å². The van der Waals surface area contributed by atoms with E-state index in [4.69, 9.17) is 4.42 Å². The van der Waals surface area contributed by atoms with Crippen molar-refractivity contribution in [3.05, 3.63) is 69.3 Å². The number of aryl methyl sites for hydroxylation is 1. The molecule has 5 rings (SSSR count). The maximum absolute atomic E-state index is 13.7. The second-order valence-electron chi connectivity index (χ2n) is 7.64. The average molecular weight is 374 g/mol. The smallest absolute Gasteiger partial charge is 0.264 e. The Kier molecular flexibility index (Phi) is 3.97. The molecule has 3 heterocycles. The van der Waals surface area contributed by atoms with E-state index in [1.54, 1.807) is 12.3 Å². The fourth-order valence-corrected chi connectivity index (χ4v) is 4.63. The molecule has 0 unspecified atom stereocenters. The molecule has 0 aliphatic heterocycles. The topological polar surface area (TPSA) is 57.1 Å². The van der Waals surface area contributed by atoms with Crippen LogP contribution in [-0.4, -0.2) is 9.13 Å². The van der Waals surface area contributed by atoms with Crippen LogP contribution < -0.4 is 11.0 Å². The number of furan rings is 1. The van der Waals surface area contributed by atoms with Crippen molar-refractivity contribution in [1.29, 1.82) is 0 Å². The summed E-state index contributed by atoms with van der Waals surface area (Å²) in [6, 6.07) is 13.2. The minimum Gasteiger partial charge on any atom is -0.463 e. The van der Waals surface area contributed by atoms with E-state index in [0.717, 1.165) is 36.9 Å². The standard InChI is InChI=1S/C23H22N2O3/c1-24-17-11-6-5-10-16(17)22(26)21-19(24)14-18(20-12-7-13-28-20)25(23(21)27)15-8-3-2-4-9-15/h5-7,10-15H,2-4,8-9H2,1H3. The molecular weight excluding hydrogens is 352 g/mol. The quantitative estimate of drug-likeness (QED) is 0.481. The first-order valence-corrected chi connectivity index (χ1v) is 9.87. The molecule has 1 fully saturated rings. The van der Waals surface area contributed by atoms with Crippen molar-refractivity contribution in [2.45, 2.75) is 38.1 Å². The highest BCUT2D eigenvalue weighted by atomic mass is 16.3. The third-order valence-corrected chi connectivity index (χ3v) is 6.03. The largest absolute Gasteiger partial charge is 0.463 e. The predicted molar refractivity (Wildman–Crippen MR) is 111 cm³/mol. The number of rotatable bonds is 2. The second kappa shape index (κ2) is 6.51. The molecule has 1 saturated carbocycles. The van der Waals surface area contributed by atoms with Gasteiger partial charge in [0, 0.05) is 18.5 Å². The third kappa shape index (κ3) is 2.46. The lowest BCUT2D eigenvalue weighted by Crippen LogP contribution is -2.31. The van der Waals surface area contributed by atoms with E-state index >= 15 is 0 Å². The molecular formula is C23H22N2O3. The fourth-order valence-electron chi connectivity index (χ4n) is 4.63. The molecule has 3 aromatic heterocycles. The summed E-state index contributed by atoms with van der Waals surface area (Å²) in [6.45, 7) is 0. The molecule has 0 N–H and O–H groups in total. The normalized spacial score (nSPS) is 15.5. The number of hydrogen-bond donors (Lipinski definition) is 0. The molecule has 0 radical (unpaired) electrons. The summed E-state index contributed by atoms with van der Waals surface area (Å²) in [6.07, 6.45) is 6.92. The van der Waals surface area contributed by atoms with E-state index < -0.39 is 0 Å². The second-order valence-corrected chi connectivity index (χ2v) is 7.64. The number of benzene rings is 1. The van der Waals surface area contributed by atoms with Gasteiger partial charge in [0.2, 0.25) is 5.43 Å². The van der Waals surface area contributed by atoms with Crippen LogP contribution in [0.15, 0.2) is 62.7 Å². The van der Waals surface area contributed by atoms with Crippen molar-refractivity contribution < 1.29 is 4.42 Å². The van der Waals surface area contributed by atoms with Crippen LogP contribution in [0.2, 0.25) is 0 Å². The first-order valence-electron chi connectivity index (χ1n) is 9.87. The predicted octanol–water partition coefficient (Wildman–Crippen LogP) is 4.62. The Labute approximate surface area is 161 Å². The number of aromatic nitrogens is 2. The van der Waals surface area contributed by atoms with Gasteiger partial charge >= 0.3 is 0 Å². The van der Waals surface area contributed by atoms with Gasteiger partial charge in [-0.3, -0.25) is 9.59 Å². The van der Waals surface area contributed by atoms with Crippen LogP contribution in [0.5, 0.6) is 0 Å². The molecule has 0 amide bonds. The molecule has 5 heteroatoms. The molecule has 28 heavy (non-hydrogen) atoms. The monoisotopic (exact) mass is 374 g/mol. The highest BCUT2D eigenvalue weighted by Gasteiger charge is 2.24. The minimum atomic E-state index is -0.206. The van der Waals surface area contributed by atoms with Crippen molar-refractivity contribution in [3.8, 4) is 11.5 Å². The van der Waals surface area contributed by atoms with Crippen LogP contribution in [0.4, 0.5) is 0 Å². The van der Waals surface area contributed by atoms with Crippen molar-refractivity contribution >= 4 is 21.8 Å². The highest BCUT2D eigenvalue weighted by molar-refractivity contribution is 5.94. The number of pyridine rings is 2. The van der Waals surface area contributed by atoms with Crippen molar-refractivity contribution in [1.82, 2.24) is 9.13 Å². The summed E-state index contributed by atoms with van der Waals surface area (Å²) < 4.78 is 9.42. The van der Waals surface area contributed by atoms with Gasteiger partial charge in [0.25, 0.3) is 5.56 Å². The van der Waals surface area contributed by atoms with E-state index in [0.29, 0.717) is 16.7 Å². The van der Waals surface area contributed by atoms with Gasteiger partial charge in [0.1, 0.15) is 11.1 Å². The van der Waals surface area contributed by atoms with Gasteiger partial charge in [-0.05, 0) is 43.2 Å². The molecule has 1 aliphatic carbocycles. The number of para-hydroxylation sites is 1. The lowest BCUT2D eigenvalue weighted by molar-refractivity contribution is 0.348. The van der Waals surface area contributed by atoms with Crippen molar-refractivity contribution in [2.75, 3.05) is 0 Å². The fraction of sp³-hybridized carbons (Fsp3) is 0.304. The number of hydrogen-bond acceptors (Lipinski definition) is 3. The molecule has 1 aliphatic rings. The van der Waals surface area contributed by atoms with E-state index in [2.05, 4.69) is 0 Å². The Morgan fingerprint density at radius 2 is 1.75 bits per heavy atom. The lowest BCUT2D eigenvalue weighted by atomic mass is 9.94. The van der Waals surface area contributed by atoms with Gasteiger partial charge < -0.3 is 13.6 Å². The zero-order chi connectivity index (χ0) is 19.3.